The van der Waals surface area contributed by atoms with Crippen molar-refractivity contribution >= 4 is 17.3 Å². The minimum Gasteiger partial charge on any atom is -0.385 e. The van der Waals surface area contributed by atoms with Gasteiger partial charge in [-0.15, -0.1) is 0 Å². The number of carbonyl (C=O) groups excluding carboxylic acids is 1. The third-order valence-electron chi connectivity index (χ3n) is 4.08. The molecule has 0 aliphatic rings. The molecule has 0 aliphatic heterocycles. The van der Waals surface area contributed by atoms with Gasteiger partial charge >= 0.3 is 6.18 Å². The van der Waals surface area contributed by atoms with Crippen molar-refractivity contribution in [3.8, 4) is 0 Å². The first-order valence-corrected chi connectivity index (χ1v) is 8.61. The van der Waals surface area contributed by atoms with Crippen LogP contribution in [0.1, 0.15) is 36.9 Å². The van der Waals surface area contributed by atoms with E-state index in [1.807, 2.05) is 0 Å². The molecule has 2 aromatic rings. The van der Waals surface area contributed by atoms with Crippen molar-refractivity contribution < 1.29 is 22.9 Å². The Morgan fingerprint density at radius 2 is 1.86 bits per heavy atom. The third-order valence-corrected chi connectivity index (χ3v) is 4.08. The highest BCUT2D eigenvalue weighted by Crippen LogP contribution is 2.30. The first-order chi connectivity index (χ1) is 13.2. The summed E-state index contributed by atoms with van der Waals surface area (Å²) in [5, 5.41) is 16.3. The lowest BCUT2D eigenvalue weighted by Crippen LogP contribution is -2.27. The van der Waals surface area contributed by atoms with Crippen LogP contribution >= 0.6 is 0 Å². The Kier molecular flexibility index (Phi) is 6.97. The molecule has 150 valence electrons. The molecule has 1 unspecified atom stereocenters. The lowest BCUT2D eigenvalue weighted by molar-refractivity contribution is -0.384. The zero-order valence-electron chi connectivity index (χ0n) is 15.1. The molecule has 1 amide bonds. The molecule has 0 heterocycles. The number of nitrogens with one attached hydrogen (secondary N) is 2. The van der Waals surface area contributed by atoms with Gasteiger partial charge in [0.25, 0.3) is 5.69 Å². The molecule has 0 bridgehead atoms. The summed E-state index contributed by atoms with van der Waals surface area (Å²) in [7, 11) is 0. The molecule has 0 radical (unpaired) electrons. The number of non-ortho nitro benzene ring substituents is 1. The predicted molar refractivity (Wildman–Crippen MR) is 98.8 cm³/mol. The Labute approximate surface area is 159 Å². The van der Waals surface area contributed by atoms with E-state index in [1.54, 1.807) is 19.1 Å². The van der Waals surface area contributed by atoms with E-state index in [4.69, 9.17) is 0 Å². The molecule has 0 aromatic heterocycles. The van der Waals surface area contributed by atoms with E-state index in [0.29, 0.717) is 24.2 Å². The molecule has 28 heavy (non-hydrogen) atoms. The summed E-state index contributed by atoms with van der Waals surface area (Å²) in [6.07, 6.45) is -3.73. The largest absolute Gasteiger partial charge is 0.416 e. The van der Waals surface area contributed by atoms with E-state index in [9.17, 15) is 28.1 Å². The normalized spacial score (nSPS) is 12.3. The van der Waals surface area contributed by atoms with E-state index < -0.39 is 22.7 Å². The maximum atomic E-state index is 12.8. The number of amides is 1. The number of anilines is 1. The summed E-state index contributed by atoms with van der Waals surface area (Å²) < 4.78 is 38.3. The molecule has 6 nitrogen and oxygen atoms in total. The number of carbonyl (C=O) groups is 1. The van der Waals surface area contributed by atoms with Gasteiger partial charge in [0.2, 0.25) is 5.91 Å². The highest BCUT2D eigenvalue weighted by atomic mass is 19.4. The first kappa shape index (κ1) is 21.2. The Bertz CT molecular complexity index is 823. The molecule has 9 heteroatoms. The standard InChI is InChI=1S/C19H20F3N3O3/c1-13(14-4-2-5-15(12-14)19(20,21)22)24-18(26)6-3-11-23-16-7-9-17(10-8-16)25(27)28/h2,4-5,7-10,12-13,23H,3,6,11H2,1H3,(H,24,26). The van der Waals surface area contributed by atoms with Gasteiger partial charge in [0.05, 0.1) is 16.5 Å². The lowest BCUT2D eigenvalue weighted by Gasteiger charge is -2.16. The molecule has 0 aliphatic carbocycles. The molecular formula is C19H20F3N3O3. The molecule has 2 rings (SSSR count). The van der Waals surface area contributed by atoms with Crippen LogP contribution in [0.3, 0.4) is 0 Å². The number of alkyl halides is 3. The molecule has 0 saturated heterocycles. The Balaban J connectivity index is 1.77. The highest BCUT2D eigenvalue weighted by Gasteiger charge is 2.30. The average Bonchev–Trinajstić information content (AvgIpc) is 2.65. The van der Waals surface area contributed by atoms with E-state index in [-0.39, 0.29) is 18.0 Å². The smallest absolute Gasteiger partial charge is 0.385 e. The fourth-order valence-electron chi connectivity index (χ4n) is 2.56. The van der Waals surface area contributed by atoms with Gasteiger partial charge in [0, 0.05) is 30.8 Å². The van der Waals surface area contributed by atoms with Gasteiger partial charge < -0.3 is 10.6 Å². The van der Waals surface area contributed by atoms with E-state index >= 15 is 0 Å². The van der Waals surface area contributed by atoms with Gasteiger partial charge in [0.1, 0.15) is 0 Å². The van der Waals surface area contributed by atoms with Crippen molar-refractivity contribution in [1.82, 2.24) is 5.32 Å². The molecule has 0 spiro atoms. The second-order valence-electron chi connectivity index (χ2n) is 6.25. The van der Waals surface area contributed by atoms with Gasteiger partial charge in [-0.25, -0.2) is 0 Å². The second-order valence-corrected chi connectivity index (χ2v) is 6.25. The third kappa shape index (κ3) is 6.26. The lowest BCUT2D eigenvalue weighted by atomic mass is 10.0. The van der Waals surface area contributed by atoms with Crippen molar-refractivity contribution in [2.75, 3.05) is 11.9 Å². The van der Waals surface area contributed by atoms with Gasteiger partial charge in [-0.05, 0) is 43.2 Å². The van der Waals surface area contributed by atoms with Gasteiger partial charge in [-0.2, -0.15) is 13.2 Å². The first-order valence-electron chi connectivity index (χ1n) is 8.61. The number of halogens is 3. The van der Waals surface area contributed by atoms with Crippen molar-refractivity contribution in [3.63, 3.8) is 0 Å². The second kappa shape index (κ2) is 9.20. The van der Waals surface area contributed by atoms with Crippen LogP contribution in [0.4, 0.5) is 24.5 Å². The van der Waals surface area contributed by atoms with E-state index in [0.717, 1.165) is 12.1 Å². The number of hydrogen-bond acceptors (Lipinski definition) is 4. The molecule has 1 atom stereocenters. The monoisotopic (exact) mass is 395 g/mol. The van der Waals surface area contributed by atoms with Crippen molar-refractivity contribution in [1.29, 1.82) is 0 Å². The quantitative estimate of drug-likeness (QED) is 0.386. The number of nitro groups is 1. The van der Waals surface area contributed by atoms with Crippen LogP contribution in [-0.2, 0) is 11.0 Å². The summed E-state index contributed by atoms with van der Waals surface area (Å²) >= 11 is 0. The number of rotatable bonds is 8. The Hall–Kier alpha value is -3.10. The zero-order valence-corrected chi connectivity index (χ0v) is 15.1. The predicted octanol–water partition coefficient (Wildman–Crippen LogP) is 4.68. The fraction of sp³-hybridized carbons (Fsp3) is 0.316. The van der Waals surface area contributed by atoms with Gasteiger partial charge in [-0.3, -0.25) is 14.9 Å². The summed E-state index contributed by atoms with van der Waals surface area (Å²) in [4.78, 5) is 22.1. The van der Waals surface area contributed by atoms with E-state index in [1.165, 1.54) is 24.3 Å². The van der Waals surface area contributed by atoms with Crippen LogP contribution < -0.4 is 10.6 Å². The van der Waals surface area contributed by atoms with Crippen LogP contribution in [0.5, 0.6) is 0 Å². The topological polar surface area (TPSA) is 84.3 Å². The molecule has 2 aromatic carbocycles. The molecular weight excluding hydrogens is 375 g/mol. The number of nitro benzene ring substituents is 1. The van der Waals surface area contributed by atoms with Gasteiger partial charge in [-0.1, -0.05) is 12.1 Å². The van der Waals surface area contributed by atoms with E-state index in [2.05, 4.69) is 10.6 Å². The zero-order chi connectivity index (χ0) is 20.7. The van der Waals surface area contributed by atoms with Crippen LogP contribution in [0.25, 0.3) is 0 Å². The molecule has 0 fully saturated rings. The number of hydrogen-bond donors (Lipinski definition) is 2. The summed E-state index contributed by atoms with van der Waals surface area (Å²) in [6.45, 7) is 2.10. The Morgan fingerprint density at radius 3 is 2.46 bits per heavy atom. The van der Waals surface area contributed by atoms with Crippen LogP contribution in [-0.4, -0.2) is 17.4 Å². The summed E-state index contributed by atoms with van der Waals surface area (Å²) in [5.41, 5.74) is 0.322. The minimum atomic E-state index is -4.43. The van der Waals surface area contributed by atoms with Gasteiger partial charge in [0.15, 0.2) is 0 Å². The maximum Gasteiger partial charge on any atom is 0.416 e. The average molecular weight is 395 g/mol. The van der Waals surface area contributed by atoms with Crippen LogP contribution in [0.15, 0.2) is 48.5 Å². The maximum absolute atomic E-state index is 12.8. The van der Waals surface area contributed by atoms with Crippen molar-refractivity contribution in [2.24, 2.45) is 0 Å². The fourth-order valence-corrected chi connectivity index (χ4v) is 2.56. The van der Waals surface area contributed by atoms with Crippen molar-refractivity contribution in [3.05, 3.63) is 69.8 Å². The highest BCUT2D eigenvalue weighted by molar-refractivity contribution is 5.76. The minimum absolute atomic E-state index is 0.00601. The number of nitrogens with zero attached hydrogens (tertiary/aromatic N) is 1. The summed E-state index contributed by atoms with van der Waals surface area (Å²) in [6, 6.07) is 10.2. The Morgan fingerprint density at radius 1 is 1.18 bits per heavy atom. The molecule has 2 N–H and O–H groups in total. The SMILES string of the molecule is CC(NC(=O)CCCNc1ccc([N+](=O)[O-])cc1)c1cccc(C(F)(F)F)c1. The van der Waals surface area contributed by atoms with Crippen LogP contribution in [0.2, 0.25) is 0 Å². The van der Waals surface area contributed by atoms with Crippen LogP contribution in [0, 0.1) is 10.1 Å². The summed E-state index contributed by atoms with van der Waals surface area (Å²) in [5.74, 6) is -0.268. The number of benzene rings is 2. The van der Waals surface area contributed by atoms with Crippen molar-refractivity contribution in [2.45, 2.75) is 32.0 Å². The molecule has 0 saturated carbocycles.